The molecule has 0 spiro atoms. The van der Waals surface area contributed by atoms with Crippen molar-refractivity contribution in [3.8, 4) is 0 Å². The van der Waals surface area contributed by atoms with Gasteiger partial charge in [0.15, 0.2) is 26.8 Å². The third kappa shape index (κ3) is 5.11. The van der Waals surface area contributed by atoms with Gasteiger partial charge in [0.25, 0.3) is 0 Å². The SMILES string of the molecule is Cc1cc(S(C)(=O)=O)ccc1Nc1ncnc2c1nnn2C1CCN(C(=O)OC(C)(C)C)CC1. The van der Waals surface area contributed by atoms with E-state index >= 15 is 0 Å². The van der Waals surface area contributed by atoms with Crippen LogP contribution in [0.25, 0.3) is 11.2 Å². The standard InChI is InChI=1S/C22H29N7O4S/c1-14-12-16(34(5,31)32)6-7-17(14)25-19-18-20(24-13-23-19)29(27-26-18)15-8-10-28(11-9-15)21(30)33-22(2,3)4/h6-7,12-13,15H,8-11H2,1-5H3,(H,23,24,25). The van der Waals surface area contributed by atoms with Crippen molar-refractivity contribution in [2.24, 2.45) is 0 Å². The number of ether oxygens (including phenoxy) is 1. The van der Waals surface area contributed by atoms with E-state index in [2.05, 4.69) is 25.6 Å². The number of anilines is 2. The van der Waals surface area contributed by atoms with Crippen molar-refractivity contribution in [1.29, 1.82) is 0 Å². The second kappa shape index (κ2) is 8.82. The number of rotatable bonds is 4. The molecule has 3 aromatic rings. The Morgan fingerprint density at radius 3 is 2.50 bits per heavy atom. The minimum atomic E-state index is -3.29. The maximum Gasteiger partial charge on any atom is 0.410 e. The number of carbonyl (C=O) groups excluding carboxylic acids is 1. The number of sulfone groups is 1. The zero-order valence-corrected chi connectivity index (χ0v) is 20.8. The zero-order valence-electron chi connectivity index (χ0n) is 19.9. The maximum atomic E-state index is 12.3. The predicted molar refractivity (Wildman–Crippen MR) is 127 cm³/mol. The van der Waals surface area contributed by atoms with Gasteiger partial charge in [0, 0.05) is 25.0 Å². The summed E-state index contributed by atoms with van der Waals surface area (Å²) in [6.45, 7) is 8.50. The van der Waals surface area contributed by atoms with E-state index in [0.29, 0.717) is 48.6 Å². The average Bonchev–Trinajstić information content (AvgIpc) is 3.18. The second-order valence-electron chi connectivity index (χ2n) is 9.50. The first-order chi connectivity index (χ1) is 15.9. The van der Waals surface area contributed by atoms with Crippen molar-refractivity contribution in [3.05, 3.63) is 30.1 Å². The molecule has 0 aliphatic carbocycles. The molecule has 4 rings (SSSR count). The molecule has 1 aliphatic heterocycles. The number of piperidine rings is 1. The number of aromatic nitrogens is 5. The van der Waals surface area contributed by atoms with E-state index in [4.69, 9.17) is 4.74 Å². The summed E-state index contributed by atoms with van der Waals surface area (Å²) < 4.78 is 30.9. The first-order valence-corrected chi connectivity index (χ1v) is 12.9. The van der Waals surface area contributed by atoms with Gasteiger partial charge in [-0.1, -0.05) is 5.21 Å². The largest absolute Gasteiger partial charge is 0.444 e. The molecule has 182 valence electrons. The highest BCUT2D eigenvalue weighted by molar-refractivity contribution is 7.90. The Balaban J connectivity index is 1.51. The van der Waals surface area contributed by atoms with Crippen LogP contribution < -0.4 is 5.32 Å². The van der Waals surface area contributed by atoms with Crippen molar-refractivity contribution in [2.45, 2.75) is 57.1 Å². The Hall–Kier alpha value is -3.28. The van der Waals surface area contributed by atoms with Crippen LogP contribution in [0.4, 0.5) is 16.3 Å². The van der Waals surface area contributed by atoms with Crippen LogP contribution >= 0.6 is 0 Å². The fourth-order valence-corrected chi connectivity index (χ4v) is 4.56. The molecule has 1 aromatic carbocycles. The molecule has 11 nitrogen and oxygen atoms in total. The number of fused-ring (bicyclic) bond motifs is 1. The number of benzene rings is 1. The first kappa shape index (κ1) is 23.9. The summed E-state index contributed by atoms with van der Waals surface area (Å²) in [7, 11) is -3.29. The van der Waals surface area contributed by atoms with Crippen LogP contribution in [-0.2, 0) is 14.6 Å². The van der Waals surface area contributed by atoms with Gasteiger partial charge in [-0.25, -0.2) is 27.9 Å². The number of amides is 1. The summed E-state index contributed by atoms with van der Waals surface area (Å²) in [5, 5.41) is 11.9. The molecular weight excluding hydrogens is 458 g/mol. The summed E-state index contributed by atoms with van der Waals surface area (Å²) >= 11 is 0. The molecule has 12 heteroatoms. The van der Waals surface area contributed by atoms with Crippen molar-refractivity contribution < 1.29 is 17.9 Å². The van der Waals surface area contributed by atoms with Crippen molar-refractivity contribution in [2.75, 3.05) is 24.7 Å². The van der Waals surface area contributed by atoms with E-state index in [1.165, 1.54) is 12.6 Å². The third-order valence-electron chi connectivity index (χ3n) is 5.60. The van der Waals surface area contributed by atoms with Gasteiger partial charge in [-0.2, -0.15) is 0 Å². The molecule has 1 aliphatic rings. The van der Waals surface area contributed by atoms with Crippen LogP contribution in [0.2, 0.25) is 0 Å². The number of aryl methyl sites for hydroxylation is 1. The lowest BCUT2D eigenvalue weighted by Gasteiger charge is -2.33. The topological polar surface area (TPSA) is 132 Å². The molecule has 0 radical (unpaired) electrons. The van der Waals surface area contributed by atoms with Gasteiger partial charge >= 0.3 is 6.09 Å². The van der Waals surface area contributed by atoms with Gasteiger partial charge < -0.3 is 15.0 Å². The smallest absolute Gasteiger partial charge is 0.410 e. The summed E-state index contributed by atoms with van der Waals surface area (Å²) in [6.07, 6.45) is 3.73. The van der Waals surface area contributed by atoms with Crippen LogP contribution in [0.5, 0.6) is 0 Å². The molecule has 0 bridgehead atoms. The van der Waals surface area contributed by atoms with Gasteiger partial charge in [-0.05, 0) is 64.3 Å². The summed E-state index contributed by atoms with van der Waals surface area (Å²) in [4.78, 5) is 23.0. The molecule has 1 N–H and O–H groups in total. The number of likely N-dealkylation sites (tertiary alicyclic amines) is 1. The number of carbonyl (C=O) groups is 1. The fraction of sp³-hybridized carbons (Fsp3) is 0.500. The highest BCUT2D eigenvalue weighted by atomic mass is 32.2. The lowest BCUT2D eigenvalue weighted by molar-refractivity contribution is 0.0185. The van der Waals surface area contributed by atoms with Gasteiger partial charge in [-0.15, -0.1) is 5.10 Å². The molecule has 0 unspecified atom stereocenters. The predicted octanol–water partition coefficient (Wildman–Crippen LogP) is 3.25. The normalized spacial score (nSPS) is 15.5. The Bertz CT molecular complexity index is 1320. The summed E-state index contributed by atoms with van der Waals surface area (Å²) in [6, 6.07) is 4.92. The highest BCUT2D eigenvalue weighted by Crippen LogP contribution is 2.29. The Morgan fingerprint density at radius 1 is 1.18 bits per heavy atom. The van der Waals surface area contributed by atoms with Crippen LogP contribution in [0.1, 0.15) is 45.2 Å². The summed E-state index contributed by atoms with van der Waals surface area (Å²) in [5.41, 5.74) is 2.06. The van der Waals surface area contributed by atoms with Crippen molar-refractivity contribution in [1.82, 2.24) is 29.9 Å². The van der Waals surface area contributed by atoms with E-state index in [1.54, 1.807) is 27.8 Å². The molecular formula is C22H29N7O4S. The quantitative estimate of drug-likeness (QED) is 0.589. The number of nitrogens with one attached hydrogen (secondary N) is 1. The molecule has 0 atom stereocenters. The van der Waals surface area contributed by atoms with Crippen molar-refractivity contribution >= 4 is 38.6 Å². The Labute approximate surface area is 198 Å². The average molecular weight is 488 g/mol. The van der Waals surface area contributed by atoms with Gasteiger partial charge in [-0.3, -0.25) is 0 Å². The van der Waals surface area contributed by atoms with E-state index in [-0.39, 0.29) is 17.0 Å². The Kier molecular flexibility index (Phi) is 6.19. The molecule has 34 heavy (non-hydrogen) atoms. The molecule has 1 saturated heterocycles. The molecule has 1 fully saturated rings. The van der Waals surface area contributed by atoms with Gasteiger partial charge in [0.05, 0.1) is 10.9 Å². The number of nitrogens with zero attached hydrogens (tertiary/aromatic N) is 6. The molecule has 0 saturated carbocycles. The first-order valence-electron chi connectivity index (χ1n) is 11.0. The molecule has 1 amide bonds. The van der Waals surface area contributed by atoms with Crippen LogP contribution in [0.3, 0.4) is 0 Å². The van der Waals surface area contributed by atoms with E-state index in [1.807, 2.05) is 27.7 Å². The van der Waals surface area contributed by atoms with Crippen LogP contribution in [-0.4, -0.2) is 69.3 Å². The third-order valence-corrected chi connectivity index (χ3v) is 6.71. The van der Waals surface area contributed by atoms with Gasteiger partial charge in [0.1, 0.15) is 11.9 Å². The van der Waals surface area contributed by atoms with Crippen LogP contribution in [0.15, 0.2) is 29.4 Å². The Morgan fingerprint density at radius 2 is 1.88 bits per heavy atom. The monoisotopic (exact) mass is 487 g/mol. The minimum Gasteiger partial charge on any atom is -0.444 e. The van der Waals surface area contributed by atoms with E-state index in [9.17, 15) is 13.2 Å². The minimum absolute atomic E-state index is 0.0437. The second-order valence-corrected chi connectivity index (χ2v) is 11.5. The number of hydrogen-bond acceptors (Lipinski definition) is 9. The number of hydrogen-bond donors (Lipinski definition) is 1. The van der Waals surface area contributed by atoms with Gasteiger partial charge in [0.2, 0.25) is 0 Å². The summed E-state index contributed by atoms with van der Waals surface area (Å²) in [5.74, 6) is 0.484. The fourth-order valence-electron chi connectivity index (χ4n) is 3.86. The van der Waals surface area contributed by atoms with E-state index in [0.717, 1.165) is 5.56 Å². The zero-order chi connectivity index (χ0) is 24.7. The van der Waals surface area contributed by atoms with E-state index < -0.39 is 15.4 Å². The molecule has 3 heterocycles. The maximum absolute atomic E-state index is 12.3. The lowest BCUT2D eigenvalue weighted by Crippen LogP contribution is -2.42. The van der Waals surface area contributed by atoms with Crippen LogP contribution in [0, 0.1) is 6.92 Å². The molecule has 2 aromatic heterocycles. The lowest BCUT2D eigenvalue weighted by atomic mass is 10.1. The highest BCUT2D eigenvalue weighted by Gasteiger charge is 2.29. The van der Waals surface area contributed by atoms with Crippen molar-refractivity contribution in [3.63, 3.8) is 0 Å².